The van der Waals surface area contributed by atoms with Crippen LogP contribution in [0.3, 0.4) is 0 Å². The number of pyridine rings is 1. The summed E-state index contributed by atoms with van der Waals surface area (Å²) >= 11 is 0. The van der Waals surface area contributed by atoms with E-state index in [2.05, 4.69) is 20.6 Å². The Kier molecular flexibility index (Phi) is 4.90. The van der Waals surface area contributed by atoms with Crippen LogP contribution >= 0.6 is 0 Å². The molecule has 1 aliphatic rings. The molecule has 2 aromatic rings. The average Bonchev–Trinajstić information content (AvgIpc) is 3.04. The molecule has 1 aliphatic heterocycles. The number of hydrogen-bond donors (Lipinski definition) is 3. The van der Waals surface area contributed by atoms with Gasteiger partial charge in [-0.25, -0.2) is 0 Å². The van der Waals surface area contributed by atoms with E-state index in [4.69, 9.17) is 0 Å². The van der Waals surface area contributed by atoms with E-state index in [1.165, 1.54) is 0 Å². The van der Waals surface area contributed by atoms with Gasteiger partial charge in [0.05, 0.1) is 22.5 Å². The van der Waals surface area contributed by atoms with Gasteiger partial charge in [-0.3, -0.25) is 14.6 Å². The number of aromatic nitrogens is 2. The molecule has 0 bridgehead atoms. The van der Waals surface area contributed by atoms with E-state index in [1.54, 1.807) is 18.3 Å². The minimum Gasteiger partial charge on any atom is -0.358 e. The largest absolute Gasteiger partial charge is 0.358 e. The quantitative estimate of drug-likeness (QED) is 0.715. The van der Waals surface area contributed by atoms with Crippen molar-refractivity contribution in [3.8, 4) is 0 Å². The van der Waals surface area contributed by atoms with Gasteiger partial charge in [-0.1, -0.05) is 0 Å². The molecule has 7 nitrogen and oxygen atoms in total. The maximum absolute atomic E-state index is 12.5. The van der Waals surface area contributed by atoms with Crippen LogP contribution in [0.4, 0.5) is 5.69 Å². The van der Waals surface area contributed by atoms with Crippen LogP contribution < -0.4 is 10.6 Å². The van der Waals surface area contributed by atoms with Gasteiger partial charge in [0.1, 0.15) is 0 Å². The summed E-state index contributed by atoms with van der Waals surface area (Å²) in [5.41, 5.74) is 4.77. The molecule has 0 fully saturated rings. The monoisotopic (exact) mass is 353 g/mol. The highest BCUT2D eigenvalue weighted by atomic mass is 16.2. The van der Waals surface area contributed by atoms with E-state index < -0.39 is 0 Å². The summed E-state index contributed by atoms with van der Waals surface area (Å²) in [5.74, 6) is -0.306. The van der Waals surface area contributed by atoms with Crippen molar-refractivity contribution in [2.75, 3.05) is 32.5 Å². The van der Waals surface area contributed by atoms with Gasteiger partial charge in [0.25, 0.3) is 11.8 Å². The summed E-state index contributed by atoms with van der Waals surface area (Å²) < 4.78 is 0. The topological polar surface area (TPSA) is 90.1 Å². The van der Waals surface area contributed by atoms with Gasteiger partial charge < -0.3 is 20.5 Å². The van der Waals surface area contributed by atoms with E-state index in [0.717, 1.165) is 23.5 Å². The highest BCUT2D eigenvalue weighted by molar-refractivity contribution is 6.34. The third-order valence-electron chi connectivity index (χ3n) is 4.39. The summed E-state index contributed by atoms with van der Waals surface area (Å²) in [6.45, 7) is 5.08. The fourth-order valence-corrected chi connectivity index (χ4v) is 3.04. The Labute approximate surface area is 152 Å². The molecule has 3 N–H and O–H groups in total. The lowest BCUT2D eigenvalue weighted by Crippen LogP contribution is -2.31. The molecule has 0 atom stereocenters. The minimum absolute atomic E-state index is 0.114. The van der Waals surface area contributed by atoms with Gasteiger partial charge in [-0.15, -0.1) is 0 Å². The van der Waals surface area contributed by atoms with Crippen molar-refractivity contribution < 1.29 is 9.59 Å². The fourth-order valence-electron chi connectivity index (χ4n) is 3.04. The van der Waals surface area contributed by atoms with Gasteiger partial charge in [-0.2, -0.15) is 0 Å². The standard InChI is InChI=1S/C19H23N5O2/c1-11-15(10-13-17-14(23-18(13)25)6-5-7-20-17)22-12(2)16(11)19(26)21-8-9-24(3)4/h5-7,10,22H,8-9H2,1-4H3,(H,21,26)(H,23,25)/b13-10-. The molecule has 0 saturated heterocycles. The van der Waals surface area contributed by atoms with Crippen molar-refractivity contribution in [2.24, 2.45) is 0 Å². The molecule has 0 unspecified atom stereocenters. The smallest absolute Gasteiger partial charge is 0.258 e. The lowest BCUT2D eigenvalue weighted by molar-refractivity contribution is -0.110. The van der Waals surface area contributed by atoms with Crippen molar-refractivity contribution in [1.29, 1.82) is 0 Å². The molecule has 0 spiro atoms. The van der Waals surface area contributed by atoms with Crippen LogP contribution in [0.15, 0.2) is 18.3 Å². The van der Waals surface area contributed by atoms with E-state index in [9.17, 15) is 9.59 Å². The first-order valence-electron chi connectivity index (χ1n) is 8.49. The molecule has 2 amide bonds. The van der Waals surface area contributed by atoms with Gasteiger partial charge in [0, 0.05) is 30.7 Å². The van der Waals surface area contributed by atoms with Crippen molar-refractivity contribution in [1.82, 2.24) is 20.2 Å². The van der Waals surface area contributed by atoms with E-state index >= 15 is 0 Å². The summed E-state index contributed by atoms with van der Waals surface area (Å²) in [6.07, 6.45) is 3.41. The van der Waals surface area contributed by atoms with Crippen molar-refractivity contribution in [3.63, 3.8) is 0 Å². The Balaban J connectivity index is 1.89. The molecule has 0 aromatic carbocycles. The second-order valence-corrected chi connectivity index (χ2v) is 6.63. The summed E-state index contributed by atoms with van der Waals surface area (Å²) in [6, 6.07) is 3.60. The van der Waals surface area contributed by atoms with Gasteiger partial charge in [-0.05, 0) is 51.7 Å². The van der Waals surface area contributed by atoms with Crippen molar-refractivity contribution >= 4 is 29.2 Å². The molecule has 0 radical (unpaired) electrons. The van der Waals surface area contributed by atoms with Crippen molar-refractivity contribution in [3.05, 3.63) is 46.5 Å². The zero-order chi connectivity index (χ0) is 18.8. The van der Waals surface area contributed by atoms with Gasteiger partial charge in [0.15, 0.2) is 0 Å². The number of fused-ring (bicyclic) bond motifs is 1. The number of likely N-dealkylation sites (N-methyl/N-ethyl adjacent to an activating group) is 1. The second-order valence-electron chi connectivity index (χ2n) is 6.63. The van der Waals surface area contributed by atoms with Crippen LogP contribution in [-0.2, 0) is 4.79 Å². The summed E-state index contributed by atoms with van der Waals surface area (Å²) in [4.78, 5) is 34.3. The van der Waals surface area contributed by atoms with Crippen molar-refractivity contribution in [2.45, 2.75) is 13.8 Å². The summed E-state index contributed by atoms with van der Waals surface area (Å²) in [5, 5.41) is 5.73. The predicted octanol–water partition coefficient (Wildman–Crippen LogP) is 1.81. The zero-order valence-corrected chi connectivity index (χ0v) is 15.4. The minimum atomic E-state index is -0.192. The number of hydrogen-bond acceptors (Lipinski definition) is 4. The fraction of sp³-hybridized carbons (Fsp3) is 0.316. The number of carbonyl (C=O) groups excluding carboxylic acids is 2. The third-order valence-corrected chi connectivity index (χ3v) is 4.39. The highest BCUT2D eigenvalue weighted by Gasteiger charge is 2.26. The number of nitrogens with one attached hydrogen (secondary N) is 3. The van der Waals surface area contributed by atoms with Crippen LogP contribution in [0.2, 0.25) is 0 Å². The SMILES string of the molecule is Cc1[nH]c(/C=C2\C(=O)Nc3cccnc32)c(C)c1C(=O)NCCN(C)C. The van der Waals surface area contributed by atoms with Gasteiger partial charge in [0.2, 0.25) is 0 Å². The first-order chi connectivity index (χ1) is 12.4. The normalized spacial score (nSPS) is 14.7. The van der Waals surface area contributed by atoms with Crippen LogP contribution in [0, 0.1) is 13.8 Å². The van der Waals surface area contributed by atoms with Crippen LogP contribution in [0.25, 0.3) is 11.6 Å². The maximum Gasteiger partial charge on any atom is 0.258 e. The third kappa shape index (κ3) is 3.39. The number of rotatable bonds is 5. The molecule has 7 heteroatoms. The molecule has 26 heavy (non-hydrogen) atoms. The Morgan fingerprint density at radius 3 is 2.85 bits per heavy atom. The van der Waals surface area contributed by atoms with Gasteiger partial charge >= 0.3 is 0 Å². The maximum atomic E-state index is 12.5. The number of amides is 2. The Morgan fingerprint density at radius 1 is 1.35 bits per heavy atom. The van der Waals surface area contributed by atoms with Crippen LogP contribution in [-0.4, -0.2) is 53.9 Å². The van der Waals surface area contributed by atoms with Crippen LogP contribution in [0.1, 0.15) is 33.0 Å². The number of aromatic amines is 1. The summed E-state index contributed by atoms with van der Waals surface area (Å²) in [7, 11) is 3.92. The number of H-pyrrole nitrogens is 1. The Morgan fingerprint density at radius 2 is 2.12 bits per heavy atom. The lowest BCUT2D eigenvalue weighted by atomic mass is 10.1. The highest BCUT2D eigenvalue weighted by Crippen LogP contribution is 2.31. The zero-order valence-electron chi connectivity index (χ0n) is 15.4. The molecular weight excluding hydrogens is 330 g/mol. The first kappa shape index (κ1) is 17.9. The number of carbonyl (C=O) groups is 2. The predicted molar refractivity (Wildman–Crippen MR) is 102 cm³/mol. The molecule has 3 heterocycles. The lowest BCUT2D eigenvalue weighted by Gasteiger charge is -2.10. The average molecular weight is 353 g/mol. The molecule has 0 aliphatic carbocycles. The Hall–Kier alpha value is -2.93. The molecule has 2 aromatic heterocycles. The van der Waals surface area contributed by atoms with Crippen LogP contribution in [0.5, 0.6) is 0 Å². The molecule has 136 valence electrons. The number of aryl methyl sites for hydroxylation is 1. The second kappa shape index (κ2) is 7.13. The number of nitrogens with zero attached hydrogens (tertiary/aromatic N) is 2. The first-order valence-corrected chi connectivity index (χ1v) is 8.49. The molecular formula is C19H23N5O2. The van der Waals surface area contributed by atoms with E-state index in [0.29, 0.717) is 29.1 Å². The number of anilines is 1. The molecule has 0 saturated carbocycles. The van der Waals surface area contributed by atoms with E-state index in [-0.39, 0.29) is 11.8 Å². The Bertz CT molecular complexity index is 895. The molecule has 3 rings (SSSR count). The van der Waals surface area contributed by atoms with E-state index in [1.807, 2.05) is 38.9 Å².